The van der Waals surface area contributed by atoms with E-state index >= 15 is 0 Å². The molecule has 0 saturated carbocycles. The number of carboxylic acid groups (broad SMARTS) is 1. The molecule has 1 N–H and O–H groups in total. The second-order valence-electron chi connectivity index (χ2n) is 2.68. The van der Waals surface area contributed by atoms with Crippen molar-refractivity contribution in [3.05, 3.63) is 11.3 Å². The topological polar surface area (TPSA) is 40.5 Å². The number of nitrogens with zero attached hydrogens (tertiary/aromatic N) is 1. The Morgan fingerprint density at radius 2 is 1.91 bits per heavy atom. The second kappa shape index (κ2) is 4.01. The molecular weight excluding hydrogens is 142 g/mol. The summed E-state index contributed by atoms with van der Waals surface area (Å²) in [5.74, 6) is -0.852. The molecule has 0 radical (unpaired) electrons. The van der Waals surface area contributed by atoms with Crippen LogP contribution in [0.2, 0.25) is 0 Å². The van der Waals surface area contributed by atoms with Gasteiger partial charge in [-0.2, -0.15) is 0 Å². The van der Waals surface area contributed by atoms with Gasteiger partial charge in [0.2, 0.25) is 0 Å². The number of aliphatic carboxylic acids is 1. The Labute approximate surface area is 67.3 Å². The van der Waals surface area contributed by atoms with E-state index in [4.69, 9.17) is 5.11 Å². The Bertz CT molecular complexity index is 183. The standard InChI is InChI=1S/C8H15NO2/c1-5-6(2)7(8(10)11)9(3)4/h5H2,1-4H3,(H,10,11)/b7-6+. The van der Waals surface area contributed by atoms with Gasteiger partial charge < -0.3 is 10.0 Å². The third kappa shape index (κ3) is 2.62. The highest BCUT2D eigenvalue weighted by molar-refractivity contribution is 5.86. The van der Waals surface area contributed by atoms with Crippen molar-refractivity contribution >= 4 is 5.97 Å². The van der Waals surface area contributed by atoms with E-state index in [-0.39, 0.29) is 0 Å². The number of likely N-dealkylation sites (N-methyl/N-ethyl adjacent to an activating group) is 1. The van der Waals surface area contributed by atoms with E-state index in [1.165, 1.54) is 0 Å². The van der Waals surface area contributed by atoms with Gasteiger partial charge in [0.05, 0.1) is 0 Å². The minimum absolute atomic E-state index is 0.396. The molecule has 0 atom stereocenters. The minimum Gasteiger partial charge on any atom is -0.477 e. The third-order valence-corrected chi connectivity index (χ3v) is 1.58. The Hall–Kier alpha value is -0.990. The van der Waals surface area contributed by atoms with E-state index in [2.05, 4.69) is 0 Å². The van der Waals surface area contributed by atoms with Crippen LogP contribution < -0.4 is 0 Å². The molecule has 0 heterocycles. The van der Waals surface area contributed by atoms with Gasteiger partial charge in [-0.1, -0.05) is 6.92 Å². The van der Waals surface area contributed by atoms with Crippen LogP contribution in [0.5, 0.6) is 0 Å². The maximum absolute atomic E-state index is 10.6. The average molecular weight is 157 g/mol. The van der Waals surface area contributed by atoms with Gasteiger partial charge in [0.15, 0.2) is 0 Å². The highest BCUT2D eigenvalue weighted by atomic mass is 16.4. The van der Waals surface area contributed by atoms with Crippen LogP contribution >= 0.6 is 0 Å². The van der Waals surface area contributed by atoms with Gasteiger partial charge in [-0.05, 0) is 18.9 Å². The Balaban J connectivity index is 4.73. The van der Waals surface area contributed by atoms with Gasteiger partial charge in [0.25, 0.3) is 0 Å². The van der Waals surface area contributed by atoms with Crippen molar-refractivity contribution in [2.24, 2.45) is 0 Å². The number of allylic oxidation sites excluding steroid dienone is 1. The normalized spacial score (nSPS) is 12.4. The smallest absolute Gasteiger partial charge is 0.352 e. The first-order valence-electron chi connectivity index (χ1n) is 3.61. The molecule has 0 unspecified atom stereocenters. The van der Waals surface area contributed by atoms with E-state index in [0.29, 0.717) is 5.70 Å². The zero-order valence-corrected chi connectivity index (χ0v) is 7.51. The molecule has 3 heteroatoms. The molecular formula is C8H15NO2. The Morgan fingerprint density at radius 1 is 1.45 bits per heavy atom. The molecule has 3 nitrogen and oxygen atoms in total. The van der Waals surface area contributed by atoms with E-state index < -0.39 is 5.97 Å². The predicted molar refractivity (Wildman–Crippen MR) is 44.3 cm³/mol. The summed E-state index contributed by atoms with van der Waals surface area (Å²) in [7, 11) is 3.48. The van der Waals surface area contributed by atoms with Gasteiger partial charge in [0.1, 0.15) is 5.70 Å². The van der Waals surface area contributed by atoms with Crippen LogP contribution in [0.3, 0.4) is 0 Å². The summed E-state index contributed by atoms with van der Waals surface area (Å²) in [4.78, 5) is 12.3. The van der Waals surface area contributed by atoms with Crippen LogP contribution in [0.4, 0.5) is 0 Å². The van der Waals surface area contributed by atoms with Crippen LogP contribution in [-0.2, 0) is 4.79 Å². The number of carbonyl (C=O) groups is 1. The first kappa shape index (κ1) is 10.0. The molecule has 0 amide bonds. The van der Waals surface area contributed by atoms with E-state index in [1.807, 2.05) is 13.8 Å². The lowest BCUT2D eigenvalue weighted by molar-refractivity contribution is -0.134. The van der Waals surface area contributed by atoms with Gasteiger partial charge in [0, 0.05) is 14.1 Å². The second-order valence-corrected chi connectivity index (χ2v) is 2.68. The fourth-order valence-electron chi connectivity index (χ4n) is 0.923. The summed E-state index contributed by atoms with van der Waals surface area (Å²) in [5, 5.41) is 8.75. The lowest BCUT2D eigenvalue weighted by Gasteiger charge is -2.15. The maximum Gasteiger partial charge on any atom is 0.352 e. The van der Waals surface area contributed by atoms with Crippen molar-refractivity contribution < 1.29 is 9.90 Å². The molecule has 11 heavy (non-hydrogen) atoms. The summed E-state index contributed by atoms with van der Waals surface area (Å²) in [6.45, 7) is 3.78. The molecule has 0 bridgehead atoms. The van der Waals surface area contributed by atoms with Crippen molar-refractivity contribution in [1.82, 2.24) is 4.90 Å². The highest BCUT2D eigenvalue weighted by Crippen LogP contribution is 2.09. The largest absolute Gasteiger partial charge is 0.477 e. The van der Waals surface area contributed by atoms with E-state index in [9.17, 15) is 4.79 Å². The minimum atomic E-state index is -0.852. The van der Waals surface area contributed by atoms with E-state index in [1.54, 1.807) is 19.0 Å². The fourth-order valence-corrected chi connectivity index (χ4v) is 0.923. The van der Waals surface area contributed by atoms with E-state index in [0.717, 1.165) is 12.0 Å². The van der Waals surface area contributed by atoms with Crippen LogP contribution in [0.15, 0.2) is 11.3 Å². The summed E-state index contributed by atoms with van der Waals surface area (Å²) >= 11 is 0. The highest BCUT2D eigenvalue weighted by Gasteiger charge is 2.11. The molecule has 0 aliphatic rings. The third-order valence-electron chi connectivity index (χ3n) is 1.58. The van der Waals surface area contributed by atoms with Gasteiger partial charge in [-0.25, -0.2) is 4.79 Å². The van der Waals surface area contributed by atoms with Crippen LogP contribution in [0, 0.1) is 0 Å². The van der Waals surface area contributed by atoms with Crippen molar-refractivity contribution in [2.45, 2.75) is 20.3 Å². The maximum atomic E-state index is 10.6. The first-order valence-corrected chi connectivity index (χ1v) is 3.61. The molecule has 0 aromatic rings. The number of hydrogen-bond acceptors (Lipinski definition) is 2. The fraction of sp³-hybridized carbons (Fsp3) is 0.625. The van der Waals surface area contributed by atoms with Crippen LogP contribution in [0.25, 0.3) is 0 Å². The number of carboxylic acids is 1. The lowest BCUT2D eigenvalue weighted by atomic mass is 10.2. The number of hydrogen-bond donors (Lipinski definition) is 1. The summed E-state index contributed by atoms with van der Waals surface area (Å²) in [5.41, 5.74) is 1.30. The molecule has 0 rings (SSSR count). The predicted octanol–water partition coefficient (Wildman–Crippen LogP) is 1.32. The van der Waals surface area contributed by atoms with Gasteiger partial charge in [-0.15, -0.1) is 0 Å². The molecule has 0 spiro atoms. The molecule has 0 aromatic carbocycles. The van der Waals surface area contributed by atoms with Crippen LogP contribution in [0.1, 0.15) is 20.3 Å². The quantitative estimate of drug-likeness (QED) is 0.628. The molecule has 0 saturated heterocycles. The van der Waals surface area contributed by atoms with Crippen LogP contribution in [-0.4, -0.2) is 30.1 Å². The molecule has 0 aromatic heterocycles. The molecule has 64 valence electrons. The average Bonchev–Trinajstić information content (AvgIpc) is 1.85. The monoisotopic (exact) mass is 157 g/mol. The van der Waals surface area contributed by atoms with Crippen molar-refractivity contribution in [2.75, 3.05) is 14.1 Å². The number of rotatable bonds is 3. The van der Waals surface area contributed by atoms with Crippen molar-refractivity contribution in [1.29, 1.82) is 0 Å². The summed E-state index contributed by atoms with van der Waals surface area (Å²) in [6.07, 6.45) is 0.778. The van der Waals surface area contributed by atoms with Crippen molar-refractivity contribution in [3.8, 4) is 0 Å². The first-order chi connectivity index (χ1) is 5.00. The molecule has 0 aliphatic heterocycles. The lowest BCUT2D eigenvalue weighted by Crippen LogP contribution is -2.20. The molecule has 0 aliphatic carbocycles. The Morgan fingerprint density at radius 3 is 2.00 bits per heavy atom. The zero-order chi connectivity index (χ0) is 9.02. The molecule has 0 fully saturated rings. The zero-order valence-electron chi connectivity index (χ0n) is 7.51. The van der Waals surface area contributed by atoms with Crippen molar-refractivity contribution in [3.63, 3.8) is 0 Å². The van der Waals surface area contributed by atoms with Gasteiger partial charge in [-0.3, -0.25) is 0 Å². The Kier molecular flexibility index (Phi) is 3.65. The van der Waals surface area contributed by atoms with Gasteiger partial charge >= 0.3 is 5.97 Å². The summed E-state index contributed by atoms with van der Waals surface area (Å²) < 4.78 is 0. The SMILES string of the molecule is CC/C(C)=C(\C(=O)O)N(C)C. The summed E-state index contributed by atoms with van der Waals surface area (Å²) in [6, 6.07) is 0.